The van der Waals surface area contributed by atoms with E-state index in [0.29, 0.717) is 47.3 Å². The molecule has 0 radical (unpaired) electrons. The number of amides is 3. The number of benzene rings is 3. The molecule has 5 rings (SSSR count). The highest BCUT2D eigenvalue weighted by molar-refractivity contribution is 6.00. The van der Waals surface area contributed by atoms with E-state index in [0.717, 1.165) is 6.54 Å². The van der Waals surface area contributed by atoms with Crippen molar-refractivity contribution in [3.8, 4) is 17.2 Å². The maximum absolute atomic E-state index is 13.5. The van der Waals surface area contributed by atoms with E-state index in [9.17, 15) is 14.7 Å². The smallest absolute Gasteiger partial charge is 0.323 e. The van der Waals surface area contributed by atoms with Gasteiger partial charge in [-0.1, -0.05) is 37.3 Å². The molecule has 42 heavy (non-hydrogen) atoms. The van der Waals surface area contributed by atoms with Gasteiger partial charge in [0.25, 0.3) is 0 Å². The van der Waals surface area contributed by atoms with Crippen molar-refractivity contribution < 1.29 is 28.9 Å². The normalized spacial score (nSPS) is 18.8. The Bertz CT molecular complexity index is 1400. The number of hydrogen-bond donors (Lipinski definition) is 3. The van der Waals surface area contributed by atoms with Crippen LogP contribution in [0.4, 0.5) is 16.2 Å². The van der Waals surface area contributed by atoms with Crippen molar-refractivity contribution in [1.29, 1.82) is 0 Å². The van der Waals surface area contributed by atoms with Crippen molar-refractivity contribution in [2.24, 2.45) is 5.92 Å². The third kappa shape index (κ3) is 7.13. The zero-order valence-electron chi connectivity index (χ0n) is 24.2. The van der Waals surface area contributed by atoms with Crippen molar-refractivity contribution in [3.63, 3.8) is 0 Å². The molecule has 3 aromatic rings. The molecule has 0 aromatic heterocycles. The van der Waals surface area contributed by atoms with Crippen LogP contribution in [0.15, 0.2) is 66.7 Å². The molecular weight excluding hydrogens is 536 g/mol. The summed E-state index contributed by atoms with van der Waals surface area (Å²) >= 11 is 0. The predicted octanol–water partition coefficient (Wildman–Crippen LogP) is 4.34. The topological polar surface area (TPSA) is 113 Å². The number of urea groups is 1. The summed E-state index contributed by atoms with van der Waals surface area (Å²) < 4.78 is 17.3. The number of carbonyl (C=O) groups is 2. The highest BCUT2D eigenvalue weighted by Crippen LogP contribution is 2.34. The van der Waals surface area contributed by atoms with Gasteiger partial charge >= 0.3 is 6.03 Å². The molecule has 0 bridgehead atoms. The van der Waals surface area contributed by atoms with Gasteiger partial charge in [0.05, 0.1) is 19.1 Å². The van der Waals surface area contributed by atoms with Crippen molar-refractivity contribution >= 4 is 23.3 Å². The van der Waals surface area contributed by atoms with Crippen molar-refractivity contribution in [2.75, 3.05) is 44.2 Å². The Kier molecular flexibility index (Phi) is 9.14. The molecule has 2 aliphatic heterocycles. The van der Waals surface area contributed by atoms with Crippen molar-refractivity contribution in [1.82, 2.24) is 9.80 Å². The van der Waals surface area contributed by atoms with Gasteiger partial charge in [0, 0.05) is 48.6 Å². The van der Waals surface area contributed by atoms with E-state index in [-0.39, 0.29) is 43.8 Å². The molecule has 3 amide bonds. The molecule has 0 fully saturated rings. The maximum Gasteiger partial charge on any atom is 0.323 e. The van der Waals surface area contributed by atoms with Gasteiger partial charge in [0.1, 0.15) is 11.9 Å². The molecule has 10 nitrogen and oxygen atoms in total. The Morgan fingerprint density at radius 2 is 1.71 bits per heavy atom. The number of nitrogens with zero attached hydrogens (tertiary/aromatic N) is 2. The summed E-state index contributed by atoms with van der Waals surface area (Å²) in [6, 6.07) is 20.0. The number of ether oxygens (including phenoxy) is 3. The molecule has 2 heterocycles. The largest absolute Gasteiger partial charge is 0.488 e. The Balaban J connectivity index is 1.34. The van der Waals surface area contributed by atoms with Crippen LogP contribution < -0.4 is 24.8 Å². The number of aliphatic hydroxyl groups excluding tert-OH is 1. The lowest BCUT2D eigenvalue weighted by atomic mass is 10.0. The van der Waals surface area contributed by atoms with Crippen molar-refractivity contribution in [2.45, 2.75) is 39.0 Å². The standard InChI is InChI=1S/C32H38N4O6/c1-21-16-36(22(2)19-37)31(38)14-24-13-25(33-32(39)34-26-10-12-28-29(15-26)41-20-40-28)9-11-27(24)42-30(21)18-35(3)17-23-7-5-4-6-8-23/h4-13,15,21-22,30,37H,14,16-20H2,1-3H3,(H2,33,34,39)/t21-,22-,30-/m1/s1. The highest BCUT2D eigenvalue weighted by atomic mass is 16.7. The first-order chi connectivity index (χ1) is 20.3. The molecule has 2 aliphatic rings. The third-order valence-corrected chi connectivity index (χ3v) is 7.59. The van der Waals surface area contributed by atoms with Gasteiger partial charge in [-0.3, -0.25) is 9.69 Å². The first-order valence-corrected chi connectivity index (χ1v) is 14.2. The number of nitrogens with one attached hydrogen (secondary N) is 2. The van der Waals surface area contributed by atoms with E-state index in [1.54, 1.807) is 41.3 Å². The lowest BCUT2D eigenvalue weighted by molar-refractivity contribution is -0.134. The average Bonchev–Trinajstić information content (AvgIpc) is 3.45. The molecule has 0 unspecified atom stereocenters. The van der Waals surface area contributed by atoms with Crippen LogP contribution in [0.2, 0.25) is 0 Å². The average molecular weight is 575 g/mol. The van der Waals surface area contributed by atoms with Gasteiger partial charge in [0.2, 0.25) is 12.7 Å². The van der Waals surface area contributed by atoms with Crippen LogP contribution in [0, 0.1) is 5.92 Å². The maximum atomic E-state index is 13.5. The molecule has 222 valence electrons. The zero-order chi connectivity index (χ0) is 29.6. The molecule has 10 heteroatoms. The fraction of sp³-hybridized carbons (Fsp3) is 0.375. The molecule has 0 aliphatic carbocycles. The zero-order valence-corrected chi connectivity index (χ0v) is 24.2. The molecular formula is C32H38N4O6. The van der Waals surface area contributed by atoms with Gasteiger partial charge in [-0.05, 0) is 49.9 Å². The monoisotopic (exact) mass is 574 g/mol. The first-order valence-electron chi connectivity index (χ1n) is 14.2. The number of aliphatic hydroxyl groups is 1. The van der Waals surface area contributed by atoms with Crippen LogP contribution >= 0.6 is 0 Å². The lowest BCUT2D eigenvalue weighted by Crippen LogP contribution is -2.47. The molecule has 0 saturated heterocycles. The van der Waals surface area contributed by atoms with Gasteiger partial charge in [0.15, 0.2) is 11.5 Å². The van der Waals surface area contributed by atoms with Crippen LogP contribution in [-0.4, -0.2) is 72.5 Å². The Labute approximate surface area is 246 Å². The van der Waals surface area contributed by atoms with E-state index in [2.05, 4.69) is 41.6 Å². The van der Waals surface area contributed by atoms with Crippen LogP contribution in [0.1, 0.15) is 25.0 Å². The third-order valence-electron chi connectivity index (χ3n) is 7.59. The molecule has 3 N–H and O–H groups in total. The minimum absolute atomic E-state index is 0.00240. The number of rotatable bonds is 8. The lowest BCUT2D eigenvalue weighted by Gasteiger charge is -2.34. The van der Waals surface area contributed by atoms with Gasteiger partial charge in [-0.25, -0.2) is 4.79 Å². The van der Waals surface area contributed by atoms with E-state index in [1.165, 1.54) is 5.56 Å². The SMILES string of the molecule is C[C@@H]1CN([C@H](C)CO)C(=O)Cc2cc(NC(=O)Nc3ccc4c(c3)OCO4)ccc2O[C@@H]1CN(C)Cc1ccccc1. The summed E-state index contributed by atoms with van der Waals surface area (Å²) in [6.45, 7) is 5.80. The van der Waals surface area contributed by atoms with Crippen LogP contribution in [0.5, 0.6) is 17.2 Å². The van der Waals surface area contributed by atoms with Crippen molar-refractivity contribution in [3.05, 3.63) is 77.9 Å². The second kappa shape index (κ2) is 13.1. The number of likely N-dealkylation sites (N-methyl/N-ethyl adjacent to an activating group) is 1. The van der Waals surface area contributed by atoms with Crippen LogP contribution in [-0.2, 0) is 17.8 Å². The number of hydrogen-bond acceptors (Lipinski definition) is 7. The minimum atomic E-state index is -0.436. The Hall–Kier alpha value is -4.28. The number of anilines is 2. The summed E-state index contributed by atoms with van der Waals surface area (Å²) in [5.41, 5.74) is 2.95. The first kappa shape index (κ1) is 29.2. The molecule has 3 atom stereocenters. The van der Waals surface area contributed by atoms with E-state index < -0.39 is 6.03 Å². The van der Waals surface area contributed by atoms with Crippen LogP contribution in [0.25, 0.3) is 0 Å². The Morgan fingerprint density at radius 1 is 1.02 bits per heavy atom. The molecule has 0 saturated carbocycles. The second-order valence-corrected chi connectivity index (χ2v) is 11.0. The fourth-order valence-corrected chi connectivity index (χ4v) is 5.26. The van der Waals surface area contributed by atoms with E-state index in [1.807, 2.05) is 25.1 Å². The Morgan fingerprint density at radius 3 is 2.45 bits per heavy atom. The van der Waals surface area contributed by atoms with Gasteiger partial charge in [-0.2, -0.15) is 0 Å². The van der Waals surface area contributed by atoms with E-state index >= 15 is 0 Å². The van der Waals surface area contributed by atoms with E-state index in [4.69, 9.17) is 14.2 Å². The quantitative estimate of drug-likeness (QED) is 0.367. The summed E-state index contributed by atoms with van der Waals surface area (Å²) in [6.07, 6.45) is -0.136. The summed E-state index contributed by atoms with van der Waals surface area (Å²) in [7, 11) is 2.06. The summed E-state index contributed by atoms with van der Waals surface area (Å²) in [4.78, 5) is 30.2. The predicted molar refractivity (Wildman–Crippen MR) is 160 cm³/mol. The molecule has 3 aromatic carbocycles. The fourth-order valence-electron chi connectivity index (χ4n) is 5.26. The number of carbonyl (C=O) groups excluding carboxylic acids is 2. The minimum Gasteiger partial charge on any atom is -0.488 e. The van der Waals surface area contributed by atoms with Crippen LogP contribution in [0.3, 0.4) is 0 Å². The molecule has 0 spiro atoms. The van der Waals surface area contributed by atoms with Gasteiger partial charge in [-0.15, -0.1) is 0 Å². The summed E-state index contributed by atoms with van der Waals surface area (Å²) in [5, 5.41) is 15.6. The van der Waals surface area contributed by atoms with Gasteiger partial charge < -0.3 is 34.9 Å². The highest BCUT2D eigenvalue weighted by Gasteiger charge is 2.31. The second-order valence-electron chi connectivity index (χ2n) is 11.0. The number of fused-ring (bicyclic) bond motifs is 2. The summed E-state index contributed by atoms with van der Waals surface area (Å²) in [5.74, 6) is 1.70.